The van der Waals surface area contributed by atoms with Crippen molar-refractivity contribution in [1.29, 1.82) is 0 Å². The number of thioether (sulfide) groups is 1. The Bertz CT molecular complexity index is 998. The first-order chi connectivity index (χ1) is 14.1. The molecule has 0 fully saturated rings. The highest BCUT2D eigenvalue weighted by Crippen LogP contribution is 2.41. The van der Waals surface area contributed by atoms with E-state index in [1.807, 2.05) is 42.7 Å². The predicted octanol–water partition coefficient (Wildman–Crippen LogP) is 4.02. The Hall–Kier alpha value is -2.93. The third-order valence-electron chi connectivity index (χ3n) is 4.51. The lowest BCUT2D eigenvalue weighted by Crippen LogP contribution is -2.26. The largest absolute Gasteiger partial charge is 0.493 e. The minimum absolute atomic E-state index is 0.119. The van der Waals surface area contributed by atoms with E-state index < -0.39 is 0 Å². The van der Waals surface area contributed by atoms with Crippen molar-refractivity contribution in [1.82, 2.24) is 10.3 Å². The molecule has 3 rings (SSSR count). The van der Waals surface area contributed by atoms with Crippen LogP contribution >= 0.6 is 11.8 Å². The van der Waals surface area contributed by atoms with Crippen LogP contribution in [0.1, 0.15) is 10.4 Å². The number of amides is 1. The Morgan fingerprint density at radius 3 is 2.34 bits per heavy atom. The van der Waals surface area contributed by atoms with Crippen LogP contribution in [0.2, 0.25) is 0 Å². The number of rotatable bonds is 8. The van der Waals surface area contributed by atoms with E-state index in [1.54, 1.807) is 39.2 Å². The van der Waals surface area contributed by atoms with Gasteiger partial charge in [-0.25, -0.2) is 4.98 Å². The van der Waals surface area contributed by atoms with Crippen molar-refractivity contribution in [2.24, 2.45) is 0 Å². The van der Waals surface area contributed by atoms with Crippen LogP contribution in [0.4, 0.5) is 0 Å². The van der Waals surface area contributed by atoms with E-state index in [0.29, 0.717) is 35.1 Å². The van der Waals surface area contributed by atoms with Gasteiger partial charge in [0.2, 0.25) is 5.75 Å². The van der Waals surface area contributed by atoms with E-state index in [-0.39, 0.29) is 5.91 Å². The summed E-state index contributed by atoms with van der Waals surface area (Å²) in [5.74, 6) is 2.31. The highest BCUT2D eigenvalue weighted by Gasteiger charge is 2.18. The molecule has 0 aliphatic rings. The summed E-state index contributed by atoms with van der Waals surface area (Å²) in [6.07, 6.45) is 2.01. The molecule has 7 heteroatoms. The smallest absolute Gasteiger partial charge is 0.252 e. The van der Waals surface area contributed by atoms with Gasteiger partial charge in [0.15, 0.2) is 11.5 Å². The molecule has 0 unspecified atom stereocenters. The number of fused-ring (bicyclic) bond motifs is 1. The minimum Gasteiger partial charge on any atom is -0.493 e. The van der Waals surface area contributed by atoms with Gasteiger partial charge in [0.25, 0.3) is 5.91 Å². The van der Waals surface area contributed by atoms with E-state index in [0.717, 1.165) is 22.2 Å². The van der Waals surface area contributed by atoms with E-state index in [9.17, 15) is 4.79 Å². The molecule has 0 bridgehead atoms. The highest BCUT2D eigenvalue weighted by molar-refractivity contribution is 7.98. The molecule has 1 N–H and O–H groups in total. The monoisotopic (exact) mass is 412 g/mol. The second-order valence-corrected chi connectivity index (χ2v) is 7.22. The van der Waals surface area contributed by atoms with Crippen molar-refractivity contribution in [3.8, 4) is 28.5 Å². The molecule has 1 amide bonds. The third-order valence-corrected chi connectivity index (χ3v) is 5.13. The number of aromatic nitrogens is 1. The van der Waals surface area contributed by atoms with Gasteiger partial charge in [-0.2, -0.15) is 11.8 Å². The van der Waals surface area contributed by atoms with Crippen molar-refractivity contribution in [2.45, 2.75) is 0 Å². The van der Waals surface area contributed by atoms with Gasteiger partial charge >= 0.3 is 0 Å². The lowest BCUT2D eigenvalue weighted by atomic mass is 10.0. The number of para-hydroxylation sites is 1. The summed E-state index contributed by atoms with van der Waals surface area (Å²) >= 11 is 1.69. The Morgan fingerprint density at radius 2 is 1.72 bits per heavy atom. The molecular weight excluding hydrogens is 388 g/mol. The number of carbonyl (C=O) groups excluding carboxylic acids is 1. The van der Waals surface area contributed by atoms with Crippen molar-refractivity contribution >= 4 is 28.6 Å². The fourth-order valence-corrected chi connectivity index (χ4v) is 3.41. The zero-order chi connectivity index (χ0) is 20.8. The number of hydrogen-bond acceptors (Lipinski definition) is 6. The molecule has 0 aliphatic heterocycles. The Morgan fingerprint density at radius 1 is 1.03 bits per heavy atom. The van der Waals surface area contributed by atoms with Gasteiger partial charge < -0.3 is 19.5 Å². The van der Waals surface area contributed by atoms with Gasteiger partial charge in [0, 0.05) is 23.2 Å². The molecule has 6 nitrogen and oxygen atoms in total. The third kappa shape index (κ3) is 4.40. The normalized spacial score (nSPS) is 10.6. The Kier molecular flexibility index (Phi) is 6.82. The topological polar surface area (TPSA) is 69.7 Å². The van der Waals surface area contributed by atoms with Gasteiger partial charge in [-0.15, -0.1) is 0 Å². The first-order valence-corrected chi connectivity index (χ1v) is 10.5. The van der Waals surface area contributed by atoms with E-state index in [4.69, 9.17) is 19.2 Å². The first kappa shape index (κ1) is 20.8. The number of nitrogens with zero attached hydrogens (tertiary/aromatic N) is 1. The summed E-state index contributed by atoms with van der Waals surface area (Å²) < 4.78 is 16.3. The summed E-state index contributed by atoms with van der Waals surface area (Å²) in [6.45, 7) is 0.607. The molecule has 0 radical (unpaired) electrons. The maximum atomic E-state index is 12.8. The summed E-state index contributed by atoms with van der Waals surface area (Å²) in [4.78, 5) is 17.6. The average Bonchev–Trinajstić information content (AvgIpc) is 2.77. The number of methoxy groups -OCH3 is 3. The van der Waals surface area contributed by atoms with Crippen LogP contribution in [0.15, 0.2) is 42.5 Å². The van der Waals surface area contributed by atoms with Crippen molar-refractivity contribution in [2.75, 3.05) is 39.9 Å². The van der Waals surface area contributed by atoms with Gasteiger partial charge in [-0.3, -0.25) is 4.79 Å². The maximum absolute atomic E-state index is 12.8. The van der Waals surface area contributed by atoms with Crippen LogP contribution in [0, 0.1) is 0 Å². The summed E-state index contributed by atoms with van der Waals surface area (Å²) in [7, 11) is 4.70. The second-order valence-electron chi connectivity index (χ2n) is 6.23. The Labute approximate surface area is 174 Å². The van der Waals surface area contributed by atoms with Gasteiger partial charge in [0.05, 0.1) is 38.1 Å². The van der Waals surface area contributed by atoms with Crippen LogP contribution < -0.4 is 19.5 Å². The number of pyridine rings is 1. The van der Waals surface area contributed by atoms with E-state index in [1.165, 1.54) is 0 Å². The molecule has 29 heavy (non-hydrogen) atoms. The minimum atomic E-state index is -0.119. The molecule has 0 aliphatic carbocycles. The number of hydrogen-bond donors (Lipinski definition) is 1. The highest BCUT2D eigenvalue weighted by atomic mass is 32.2. The fraction of sp³-hybridized carbons (Fsp3) is 0.273. The van der Waals surface area contributed by atoms with Crippen LogP contribution in [0.25, 0.3) is 22.2 Å². The maximum Gasteiger partial charge on any atom is 0.252 e. The summed E-state index contributed by atoms with van der Waals surface area (Å²) in [6, 6.07) is 13.1. The molecular formula is C22H24N2O4S. The van der Waals surface area contributed by atoms with Crippen molar-refractivity contribution < 1.29 is 19.0 Å². The van der Waals surface area contributed by atoms with Crippen molar-refractivity contribution in [3.63, 3.8) is 0 Å². The molecule has 152 valence electrons. The summed E-state index contributed by atoms with van der Waals surface area (Å²) in [5, 5.41) is 3.79. The number of benzene rings is 2. The van der Waals surface area contributed by atoms with Crippen molar-refractivity contribution in [3.05, 3.63) is 48.0 Å². The lowest BCUT2D eigenvalue weighted by molar-refractivity contribution is 0.0958. The molecule has 1 aromatic heterocycles. The Balaban J connectivity index is 2.14. The molecule has 0 saturated carbocycles. The number of nitrogens with one attached hydrogen (secondary N) is 1. The van der Waals surface area contributed by atoms with Gasteiger partial charge in [-0.1, -0.05) is 18.2 Å². The van der Waals surface area contributed by atoms with Crippen LogP contribution in [-0.4, -0.2) is 50.8 Å². The zero-order valence-electron chi connectivity index (χ0n) is 16.9. The van der Waals surface area contributed by atoms with E-state index >= 15 is 0 Å². The summed E-state index contributed by atoms with van der Waals surface area (Å²) in [5.41, 5.74) is 2.75. The van der Waals surface area contributed by atoms with Crippen LogP contribution in [-0.2, 0) is 0 Å². The van der Waals surface area contributed by atoms with Gasteiger partial charge in [0.1, 0.15) is 0 Å². The lowest BCUT2D eigenvalue weighted by Gasteiger charge is -2.15. The molecule has 0 spiro atoms. The average molecular weight is 413 g/mol. The molecule has 0 saturated heterocycles. The SMILES string of the molecule is COc1cc(-c2cc(C(=O)NCCSC)c3ccccc3n2)cc(OC)c1OC. The second kappa shape index (κ2) is 9.52. The number of carbonyl (C=O) groups is 1. The molecule has 0 atom stereocenters. The van der Waals surface area contributed by atoms with Crippen LogP contribution in [0.5, 0.6) is 17.2 Å². The first-order valence-electron chi connectivity index (χ1n) is 9.10. The quantitative estimate of drug-likeness (QED) is 0.564. The fourth-order valence-electron chi connectivity index (χ4n) is 3.10. The molecule has 2 aromatic carbocycles. The molecule has 3 aromatic rings. The predicted molar refractivity (Wildman–Crippen MR) is 118 cm³/mol. The molecule has 1 heterocycles. The zero-order valence-corrected chi connectivity index (χ0v) is 17.8. The van der Waals surface area contributed by atoms with Crippen LogP contribution in [0.3, 0.4) is 0 Å². The van der Waals surface area contributed by atoms with Gasteiger partial charge in [-0.05, 0) is 30.5 Å². The van der Waals surface area contributed by atoms with E-state index in [2.05, 4.69) is 5.32 Å². The standard InChI is InChI=1S/C22H24N2O4S/c1-26-19-11-14(12-20(27-2)21(19)28-3)18-13-16(22(25)23-9-10-29-4)15-7-5-6-8-17(15)24-18/h5-8,11-13H,9-10H2,1-4H3,(H,23,25). The number of ether oxygens (including phenoxy) is 3.